The number of hydrogen-bond acceptors (Lipinski definition) is 5. The Morgan fingerprint density at radius 3 is 3.00 bits per heavy atom. The van der Waals surface area contributed by atoms with Gasteiger partial charge in [0.25, 0.3) is 0 Å². The van der Waals surface area contributed by atoms with Crippen LogP contribution in [-0.4, -0.2) is 35.6 Å². The van der Waals surface area contributed by atoms with Crippen LogP contribution < -0.4 is 5.73 Å². The summed E-state index contributed by atoms with van der Waals surface area (Å²) in [6.45, 7) is 4.41. The molecule has 0 bridgehead atoms. The molecule has 0 amide bonds. The molecule has 18 heavy (non-hydrogen) atoms. The third-order valence-electron chi connectivity index (χ3n) is 3.15. The second-order valence-electron chi connectivity index (χ2n) is 4.40. The van der Waals surface area contributed by atoms with Gasteiger partial charge in [0.15, 0.2) is 0 Å². The highest BCUT2D eigenvalue weighted by Gasteiger charge is 2.20. The molecular formula is C12H19N3O3. The lowest BCUT2D eigenvalue weighted by molar-refractivity contribution is 0.0526. The highest BCUT2D eigenvalue weighted by molar-refractivity contribution is 5.93. The molecule has 1 fully saturated rings. The molecule has 0 aliphatic carbocycles. The van der Waals surface area contributed by atoms with Gasteiger partial charge < -0.3 is 15.2 Å². The molecule has 0 radical (unpaired) electrons. The van der Waals surface area contributed by atoms with Crippen molar-refractivity contribution in [3.05, 3.63) is 11.8 Å². The second-order valence-corrected chi connectivity index (χ2v) is 4.40. The maximum Gasteiger partial charge on any atom is 0.343 e. The zero-order valence-electron chi connectivity index (χ0n) is 10.6. The Labute approximate surface area is 106 Å². The van der Waals surface area contributed by atoms with Crippen molar-refractivity contribution in [1.82, 2.24) is 9.78 Å². The molecule has 0 spiro atoms. The van der Waals surface area contributed by atoms with Gasteiger partial charge in [0.2, 0.25) is 0 Å². The molecule has 2 heterocycles. The number of nitrogens with zero attached hydrogens (tertiary/aromatic N) is 2. The molecule has 2 rings (SSSR count). The van der Waals surface area contributed by atoms with Crippen LogP contribution in [0, 0.1) is 5.92 Å². The van der Waals surface area contributed by atoms with Crippen LogP contribution in [0.15, 0.2) is 6.20 Å². The molecule has 100 valence electrons. The standard InChI is InChI=1S/C12H19N3O3/c1-2-18-12(16)10-7-14-15(11(10)13)8-9-3-5-17-6-4-9/h7,9H,2-6,8,13H2,1H3. The van der Waals surface area contributed by atoms with Gasteiger partial charge >= 0.3 is 5.97 Å². The third kappa shape index (κ3) is 2.81. The number of hydrogen-bond donors (Lipinski definition) is 1. The van der Waals surface area contributed by atoms with Crippen molar-refractivity contribution in [2.45, 2.75) is 26.3 Å². The molecule has 0 unspecified atom stereocenters. The average Bonchev–Trinajstić information content (AvgIpc) is 2.73. The number of anilines is 1. The Morgan fingerprint density at radius 2 is 2.33 bits per heavy atom. The normalized spacial score (nSPS) is 16.7. The Kier molecular flexibility index (Phi) is 4.19. The van der Waals surface area contributed by atoms with Gasteiger partial charge in [0.05, 0.1) is 12.8 Å². The highest BCUT2D eigenvalue weighted by atomic mass is 16.5. The van der Waals surface area contributed by atoms with E-state index in [9.17, 15) is 4.79 Å². The Bertz CT molecular complexity index is 411. The first-order valence-corrected chi connectivity index (χ1v) is 6.28. The lowest BCUT2D eigenvalue weighted by Crippen LogP contribution is -2.22. The van der Waals surface area contributed by atoms with E-state index in [1.165, 1.54) is 6.20 Å². The topological polar surface area (TPSA) is 79.4 Å². The lowest BCUT2D eigenvalue weighted by atomic mass is 10.0. The largest absolute Gasteiger partial charge is 0.462 e. The first-order valence-electron chi connectivity index (χ1n) is 6.28. The smallest absolute Gasteiger partial charge is 0.343 e. The summed E-state index contributed by atoms with van der Waals surface area (Å²) in [6.07, 6.45) is 3.49. The fourth-order valence-corrected chi connectivity index (χ4v) is 2.08. The molecule has 0 atom stereocenters. The Hall–Kier alpha value is -1.56. The molecule has 6 nitrogen and oxygen atoms in total. The van der Waals surface area contributed by atoms with Crippen molar-refractivity contribution in [2.75, 3.05) is 25.6 Å². The molecule has 1 aromatic heterocycles. The van der Waals surface area contributed by atoms with Gasteiger partial charge in [-0.25, -0.2) is 9.48 Å². The minimum atomic E-state index is -0.409. The molecule has 1 aromatic rings. The van der Waals surface area contributed by atoms with Crippen molar-refractivity contribution in [1.29, 1.82) is 0 Å². The summed E-state index contributed by atoms with van der Waals surface area (Å²) < 4.78 is 11.9. The van der Waals surface area contributed by atoms with Crippen LogP contribution in [0.25, 0.3) is 0 Å². The van der Waals surface area contributed by atoms with E-state index in [4.69, 9.17) is 15.2 Å². The maximum absolute atomic E-state index is 11.6. The molecule has 1 aliphatic rings. The van der Waals surface area contributed by atoms with Gasteiger partial charge in [-0.15, -0.1) is 0 Å². The zero-order chi connectivity index (χ0) is 13.0. The summed E-state index contributed by atoms with van der Waals surface area (Å²) in [5, 5.41) is 4.16. The quantitative estimate of drug-likeness (QED) is 0.812. The van der Waals surface area contributed by atoms with E-state index in [0.717, 1.165) is 32.6 Å². The number of aromatic nitrogens is 2. The van der Waals surface area contributed by atoms with Gasteiger partial charge in [-0.1, -0.05) is 0 Å². The van der Waals surface area contributed by atoms with Gasteiger partial charge in [-0.2, -0.15) is 5.10 Å². The zero-order valence-corrected chi connectivity index (χ0v) is 10.6. The van der Waals surface area contributed by atoms with Gasteiger partial charge in [0.1, 0.15) is 11.4 Å². The number of carbonyl (C=O) groups is 1. The van der Waals surface area contributed by atoms with Crippen molar-refractivity contribution in [3.8, 4) is 0 Å². The van der Waals surface area contributed by atoms with E-state index in [1.807, 2.05) is 0 Å². The summed E-state index contributed by atoms with van der Waals surface area (Å²) in [5.41, 5.74) is 6.27. The molecular weight excluding hydrogens is 234 g/mol. The molecule has 0 saturated carbocycles. The van der Waals surface area contributed by atoms with Crippen molar-refractivity contribution >= 4 is 11.8 Å². The van der Waals surface area contributed by atoms with Gasteiger partial charge in [-0.3, -0.25) is 0 Å². The van der Waals surface area contributed by atoms with E-state index in [0.29, 0.717) is 23.9 Å². The highest BCUT2D eigenvalue weighted by Crippen LogP contribution is 2.20. The number of rotatable bonds is 4. The number of esters is 1. The fourth-order valence-electron chi connectivity index (χ4n) is 2.08. The van der Waals surface area contributed by atoms with Crippen LogP contribution in [0.2, 0.25) is 0 Å². The second kappa shape index (κ2) is 5.86. The first-order chi connectivity index (χ1) is 8.72. The lowest BCUT2D eigenvalue weighted by Gasteiger charge is -2.22. The van der Waals surface area contributed by atoms with Crippen molar-refractivity contribution in [2.24, 2.45) is 5.92 Å². The molecule has 6 heteroatoms. The van der Waals surface area contributed by atoms with Gasteiger partial charge in [0, 0.05) is 19.8 Å². The monoisotopic (exact) mass is 253 g/mol. The predicted molar refractivity (Wildman–Crippen MR) is 66.1 cm³/mol. The van der Waals surface area contributed by atoms with Crippen LogP contribution >= 0.6 is 0 Å². The van der Waals surface area contributed by atoms with Crippen molar-refractivity contribution < 1.29 is 14.3 Å². The average molecular weight is 253 g/mol. The maximum atomic E-state index is 11.6. The fraction of sp³-hybridized carbons (Fsp3) is 0.667. The van der Waals surface area contributed by atoms with E-state index >= 15 is 0 Å². The van der Waals surface area contributed by atoms with Crippen LogP contribution in [0.4, 0.5) is 5.82 Å². The van der Waals surface area contributed by atoms with Crippen LogP contribution in [0.1, 0.15) is 30.1 Å². The van der Waals surface area contributed by atoms with E-state index < -0.39 is 5.97 Å². The number of nitrogen functional groups attached to an aromatic ring is 1. The SMILES string of the molecule is CCOC(=O)c1cnn(CC2CCOCC2)c1N. The molecule has 1 aliphatic heterocycles. The third-order valence-corrected chi connectivity index (χ3v) is 3.15. The van der Waals surface area contributed by atoms with Crippen LogP contribution in [0.5, 0.6) is 0 Å². The van der Waals surface area contributed by atoms with E-state index in [1.54, 1.807) is 11.6 Å². The number of carbonyl (C=O) groups excluding carboxylic acids is 1. The van der Waals surface area contributed by atoms with Crippen molar-refractivity contribution in [3.63, 3.8) is 0 Å². The molecule has 0 aromatic carbocycles. The summed E-state index contributed by atoms with van der Waals surface area (Å²) >= 11 is 0. The summed E-state index contributed by atoms with van der Waals surface area (Å²) in [5.74, 6) is 0.490. The minimum Gasteiger partial charge on any atom is -0.462 e. The molecule has 1 saturated heterocycles. The number of ether oxygens (including phenoxy) is 2. The summed E-state index contributed by atoms with van der Waals surface area (Å²) in [7, 11) is 0. The predicted octanol–water partition coefficient (Wildman–Crippen LogP) is 1.07. The van der Waals surface area contributed by atoms with E-state index in [2.05, 4.69) is 5.10 Å². The van der Waals surface area contributed by atoms with Gasteiger partial charge in [-0.05, 0) is 25.7 Å². The summed E-state index contributed by atoms with van der Waals surface area (Å²) in [6, 6.07) is 0. The first kappa shape index (κ1) is 12.9. The number of nitrogens with two attached hydrogens (primary N) is 1. The van der Waals surface area contributed by atoms with E-state index in [-0.39, 0.29) is 0 Å². The molecule has 2 N–H and O–H groups in total. The van der Waals surface area contributed by atoms with Crippen LogP contribution in [-0.2, 0) is 16.0 Å². The van der Waals surface area contributed by atoms with Crippen LogP contribution in [0.3, 0.4) is 0 Å². The minimum absolute atomic E-state index is 0.337. The Balaban J connectivity index is 2.03. The Morgan fingerprint density at radius 1 is 1.61 bits per heavy atom. The summed E-state index contributed by atoms with van der Waals surface area (Å²) in [4.78, 5) is 11.6.